The van der Waals surface area contributed by atoms with E-state index in [4.69, 9.17) is 11.6 Å². The smallest absolute Gasteiger partial charge is 0.279 e. The molecule has 3 aromatic rings. The fourth-order valence-corrected chi connectivity index (χ4v) is 4.86. The van der Waals surface area contributed by atoms with E-state index < -0.39 is 52.0 Å². The number of fused-ring (bicyclic) bond motifs is 6. The van der Waals surface area contributed by atoms with Crippen LogP contribution in [-0.4, -0.2) is 28.0 Å². The van der Waals surface area contributed by atoms with Crippen molar-refractivity contribution in [1.29, 1.82) is 0 Å². The number of rotatable bonds is 3. The number of aromatic hydroxyl groups is 1. The van der Waals surface area contributed by atoms with Crippen LogP contribution in [0.3, 0.4) is 0 Å². The fourth-order valence-electron chi connectivity index (χ4n) is 4.67. The van der Waals surface area contributed by atoms with Gasteiger partial charge < -0.3 is 19.9 Å². The van der Waals surface area contributed by atoms with Crippen molar-refractivity contribution in [2.45, 2.75) is 32.4 Å². The molecule has 2 aliphatic heterocycles. The number of carbonyl (C=O) groups excluding carboxylic acids is 2. The van der Waals surface area contributed by atoms with Gasteiger partial charge in [-0.2, -0.15) is 0 Å². The average molecular weight is 518 g/mol. The summed E-state index contributed by atoms with van der Waals surface area (Å²) >= 11 is 5.92. The minimum atomic E-state index is -1.12. The number of nitrogens with one attached hydrogen (secondary N) is 1. The van der Waals surface area contributed by atoms with Crippen molar-refractivity contribution < 1.29 is 27.9 Å². The van der Waals surface area contributed by atoms with Gasteiger partial charge in [0.05, 0.1) is 16.8 Å². The first kappa shape index (κ1) is 23.9. The Morgan fingerprint density at radius 2 is 1.92 bits per heavy atom. The van der Waals surface area contributed by atoms with Gasteiger partial charge in [-0.05, 0) is 37.0 Å². The van der Waals surface area contributed by atoms with Crippen LogP contribution in [0.25, 0.3) is 0 Å². The number of nitrogens with zero attached hydrogens (tertiary/aromatic N) is 2. The number of halogens is 4. The standard InChI is InChI=1S/C25H19ClF3N3O4/c1-11-2-3-13(20(29)19(11)26)8-30-24(35)15-10-31-14-5-4-12-6-16(27)17(28)7-18(12)32(9-14)25(36)21(31)23(34)22(15)33/h2-3,6-7,10,14,34H,4-5,8-9H2,1H3,(H,30,35). The van der Waals surface area contributed by atoms with E-state index in [1.54, 1.807) is 13.0 Å². The monoisotopic (exact) mass is 517 g/mol. The molecule has 0 spiro atoms. The van der Waals surface area contributed by atoms with E-state index in [2.05, 4.69) is 5.32 Å². The van der Waals surface area contributed by atoms with Crippen LogP contribution in [0, 0.1) is 24.4 Å². The molecule has 2 aromatic carbocycles. The first-order valence-corrected chi connectivity index (χ1v) is 11.5. The zero-order valence-electron chi connectivity index (χ0n) is 18.9. The molecule has 2 bridgehead atoms. The Bertz CT molecular complexity index is 1520. The van der Waals surface area contributed by atoms with Gasteiger partial charge in [0.1, 0.15) is 11.4 Å². The van der Waals surface area contributed by atoms with Crippen LogP contribution in [0.4, 0.5) is 18.9 Å². The third kappa shape index (κ3) is 3.72. The Balaban J connectivity index is 1.50. The predicted molar refractivity (Wildman–Crippen MR) is 125 cm³/mol. The van der Waals surface area contributed by atoms with Gasteiger partial charge in [0.15, 0.2) is 23.1 Å². The van der Waals surface area contributed by atoms with Crippen molar-refractivity contribution in [1.82, 2.24) is 9.88 Å². The lowest BCUT2D eigenvalue weighted by Gasteiger charge is -2.35. The molecule has 2 N–H and O–H groups in total. The minimum absolute atomic E-state index is 0.0698. The van der Waals surface area contributed by atoms with Gasteiger partial charge in [-0.25, -0.2) is 13.2 Å². The number of anilines is 1. The molecule has 186 valence electrons. The van der Waals surface area contributed by atoms with E-state index in [0.29, 0.717) is 24.0 Å². The molecule has 7 nitrogen and oxygen atoms in total. The lowest BCUT2D eigenvalue weighted by atomic mass is 10.0. The summed E-state index contributed by atoms with van der Waals surface area (Å²) in [4.78, 5) is 40.1. The van der Waals surface area contributed by atoms with Crippen molar-refractivity contribution in [3.63, 3.8) is 0 Å². The maximum atomic E-state index is 14.4. The van der Waals surface area contributed by atoms with Crippen molar-refractivity contribution in [3.05, 3.63) is 91.1 Å². The van der Waals surface area contributed by atoms with E-state index in [1.807, 2.05) is 0 Å². The summed E-state index contributed by atoms with van der Waals surface area (Å²) < 4.78 is 43.5. The highest BCUT2D eigenvalue weighted by Crippen LogP contribution is 2.38. The van der Waals surface area contributed by atoms with Crippen LogP contribution in [0.15, 0.2) is 35.3 Å². The van der Waals surface area contributed by atoms with Crippen LogP contribution < -0.4 is 15.6 Å². The fraction of sp³-hybridized carbons (Fsp3) is 0.240. The van der Waals surface area contributed by atoms with Gasteiger partial charge >= 0.3 is 0 Å². The zero-order valence-corrected chi connectivity index (χ0v) is 19.6. The molecule has 0 saturated carbocycles. The van der Waals surface area contributed by atoms with Crippen molar-refractivity contribution >= 4 is 29.1 Å². The quantitative estimate of drug-likeness (QED) is 0.549. The minimum Gasteiger partial charge on any atom is -0.503 e. The van der Waals surface area contributed by atoms with E-state index in [9.17, 15) is 32.7 Å². The third-order valence-corrected chi connectivity index (χ3v) is 7.11. The molecule has 3 heterocycles. The van der Waals surface area contributed by atoms with Gasteiger partial charge in [-0.1, -0.05) is 23.7 Å². The number of hydrogen-bond donors (Lipinski definition) is 2. The number of pyridine rings is 1. The summed E-state index contributed by atoms with van der Waals surface area (Å²) in [6.07, 6.45) is 1.84. The maximum absolute atomic E-state index is 14.4. The van der Waals surface area contributed by atoms with Crippen LogP contribution in [0.1, 0.15) is 50.0 Å². The summed E-state index contributed by atoms with van der Waals surface area (Å²) in [6.45, 7) is 1.43. The van der Waals surface area contributed by atoms with E-state index in [0.717, 1.165) is 12.1 Å². The normalized spacial score (nSPS) is 16.3. The average Bonchev–Trinajstić information content (AvgIpc) is 3.00. The van der Waals surface area contributed by atoms with Crippen molar-refractivity contribution in [3.8, 4) is 5.75 Å². The summed E-state index contributed by atoms with van der Waals surface area (Å²) in [7, 11) is 0. The summed E-state index contributed by atoms with van der Waals surface area (Å²) in [5.41, 5.74) is -0.654. The molecular weight excluding hydrogens is 499 g/mol. The second-order valence-corrected chi connectivity index (χ2v) is 9.21. The summed E-state index contributed by atoms with van der Waals surface area (Å²) in [5.74, 6) is -5.45. The number of carbonyl (C=O) groups is 2. The molecule has 0 saturated heterocycles. The molecular formula is C25H19ClF3N3O4. The van der Waals surface area contributed by atoms with Crippen LogP contribution >= 0.6 is 11.6 Å². The first-order chi connectivity index (χ1) is 17.1. The third-order valence-electron chi connectivity index (χ3n) is 6.64. The van der Waals surface area contributed by atoms with Gasteiger partial charge in [0, 0.05) is 30.9 Å². The topological polar surface area (TPSA) is 91.6 Å². The van der Waals surface area contributed by atoms with Crippen LogP contribution in [-0.2, 0) is 13.0 Å². The SMILES string of the molecule is Cc1ccc(CNC(=O)c2cn3c(c(O)c2=O)C(=O)N2CC3CCc3cc(F)c(F)cc32)c(F)c1Cl. The molecule has 2 amide bonds. The molecule has 1 atom stereocenters. The Kier molecular flexibility index (Phi) is 5.78. The lowest BCUT2D eigenvalue weighted by Crippen LogP contribution is -2.44. The highest BCUT2D eigenvalue weighted by Gasteiger charge is 2.39. The second kappa shape index (κ2) is 8.70. The van der Waals surface area contributed by atoms with Gasteiger partial charge in [0.25, 0.3) is 11.8 Å². The van der Waals surface area contributed by atoms with Crippen molar-refractivity contribution in [2.24, 2.45) is 0 Å². The summed E-state index contributed by atoms with van der Waals surface area (Å²) in [6, 6.07) is 4.51. The van der Waals surface area contributed by atoms with Gasteiger partial charge in [-0.3, -0.25) is 14.4 Å². The highest BCUT2D eigenvalue weighted by atomic mass is 35.5. The van der Waals surface area contributed by atoms with Crippen LogP contribution in [0.2, 0.25) is 5.02 Å². The van der Waals surface area contributed by atoms with E-state index >= 15 is 0 Å². The van der Waals surface area contributed by atoms with Crippen molar-refractivity contribution in [2.75, 3.05) is 11.4 Å². The Hall–Kier alpha value is -3.79. The largest absolute Gasteiger partial charge is 0.503 e. The number of benzene rings is 2. The number of aromatic nitrogens is 1. The Morgan fingerprint density at radius 1 is 1.19 bits per heavy atom. The Labute approximate surface area is 207 Å². The first-order valence-electron chi connectivity index (χ1n) is 11.1. The predicted octanol–water partition coefficient (Wildman–Crippen LogP) is 4.01. The maximum Gasteiger partial charge on any atom is 0.279 e. The molecule has 1 aromatic heterocycles. The lowest BCUT2D eigenvalue weighted by molar-refractivity contribution is 0.0929. The molecule has 36 heavy (non-hydrogen) atoms. The number of amides is 2. The number of aryl methyl sites for hydroxylation is 2. The number of hydrogen-bond acceptors (Lipinski definition) is 4. The highest BCUT2D eigenvalue weighted by molar-refractivity contribution is 6.31. The molecule has 2 aliphatic rings. The molecule has 0 radical (unpaired) electrons. The molecule has 1 unspecified atom stereocenters. The molecule has 5 rings (SSSR count). The van der Waals surface area contributed by atoms with Crippen LogP contribution in [0.5, 0.6) is 5.75 Å². The molecule has 0 aliphatic carbocycles. The molecule has 0 fully saturated rings. The van der Waals surface area contributed by atoms with Gasteiger partial charge in [-0.15, -0.1) is 0 Å². The zero-order chi connectivity index (χ0) is 25.9. The Morgan fingerprint density at radius 3 is 2.67 bits per heavy atom. The molecule has 11 heteroatoms. The van der Waals surface area contributed by atoms with Gasteiger partial charge in [0.2, 0.25) is 5.43 Å². The van der Waals surface area contributed by atoms with E-state index in [1.165, 1.54) is 21.7 Å². The van der Waals surface area contributed by atoms with E-state index in [-0.39, 0.29) is 35.1 Å². The second-order valence-electron chi connectivity index (χ2n) is 8.83. The summed E-state index contributed by atoms with van der Waals surface area (Å²) in [5, 5.41) is 13.0.